The van der Waals surface area contributed by atoms with Gasteiger partial charge < -0.3 is 5.32 Å². The normalized spacial score (nSPS) is 9.50. The molecule has 0 saturated carbocycles. The number of hydrogen-bond acceptors (Lipinski definition) is 3. The van der Waals surface area contributed by atoms with Crippen molar-refractivity contribution in [3.63, 3.8) is 0 Å². The van der Waals surface area contributed by atoms with E-state index in [1.165, 1.54) is 18.2 Å². The second-order valence-corrected chi connectivity index (χ2v) is 4.61. The predicted octanol–water partition coefficient (Wildman–Crippen LogP) is 2.68. The van der Waals surface area contributed by atoms with Gasteiger partial charge in [0.2, 0.25) is 0 Å². The smallest absolute Gasteiger partial charge is 0.272 e. The van der Waals surface area contributed by atoms with Crippen molar-refractivity contribution in [2.45, 2.75) is 6.92 Å². The molecule has 110 valence electrons. The first-order valence-electron chi connectivity index (χ1n) is 6.65. The molecule has 0 heterocycles. The molecule has 0 spiro atoms. The summed E-state index contributed by atoms with van der Waals surface area (Å²) in [7, 11) is 0. The maximum Gasteiger partial charge on any atom is 0.272 e. The summed E-state index contributed by atoms with van der Waals surface area (Å²) in [6, 6.07) is 13.7. The van der Waals surface area contributed by atoms with Gasteiger partial charge >= 0.3 is 0 Å². The van der Waals surface area contributed by atoms with Crippen LogP contribution in [0.1, 0.15) is 21.5 Å². The standard InChI is InChI=1S/C17H14N2O3/c1-13-12-15(9-10-16(13)19(21)22)17(20)18-11-5-8-14-6-3-2-4-7-14/h2-4,6-7,9-10,12H,11H2,1H3,(H,18,20). The SMILES string of the molecule is Cc1cc(C(=O)NCC#Cc2ccccc2)ccc1[N+](=O)[O-]. The lowest BCUT2D eigenvalue weighted by Gasteiger charge is -2.03. The lowest BCUT2D eigenvalue weighted by atomic mass is 10.1. The van der Waals surface area contributed by atoms with Crippen molar-refractivity contribution < 1.29 is 9.72 Å². The van der Waals surface area contributed by atoms with E-state index in [0.717, 1.165) is 5.56 Å². The van der Waals surface area contributed by atoms with E-state index >= 15 is 0 Å². The number of benzene rings is 2. The first kappa shape index (κ1) is 15.3. The van der Waals surface area contributed by atoms with E-state index in [2.05, 4.69) is 17.2 Å². The lowest BCUT2D eigenvalue weighted by Crippen LogP contribution is -2.23. The Hall–Kier alpha value is -3.13. The molecule has 0 aliphatic rings. The number of carbonyl (C=O) groups is 1. The molecule has 22 heavy (non-hydrogen) atoms. The molecule has 1 N–H and O–H groups in total. The van der Waals surface area contributed by atoms with Crippen LogP contribution in [0, 0.1) is 28.9 Å². The third-order valence-corrected chi connectivity index (χ3v) is 3.00. The zero-order valence-corrected chi connectivity index (χ0v) is 12.0. The van der Waals surface area contributed by atoms with Gasteiger partial charge in [0.25, 0.3) is 11.6 Å². The van der Waals surface area contributed by atoms with Crippen molar-refractivity contribution in [2.75, 3.05) is 6.54 Å². The molecule has 0 unspecified atom stereocenters. The van der Waals surface area contributed by atoms with Crippen LogP contribution in [0.25, 0.3) is 0 Å². The number of amides is 1. The zero-order chi connectivity index (χ0) is 15.9. The van der Waals surface area contributed by atoms with E-state index in [0.29, 0.717) is 11.1 Å². The molecule has 0 aliphatic carbocycles. The fourth-order valence-electron chi connectivity index (χ4n) is 1.90. The molecule has 0 bridgehead atoms. The monoisotopic (exact) mass is 294 g/mol. The molecule has 1 amide bonds. The molecule has 2 aromatic carbocycles. The van der Waals surface area contributed by atoms with Gasteiger partial charge in [0.05, 0.1) is 11.5 Å². The van der Waals surface area contributed by atoms with Crippen molar-refractivity contribution >= 4 is 11.6 Å². The van der Waals surface area contributed by atoms with Crippen molar-refractivity contribution in [3.8, 4) is 11.8 Å². The Labute approximate surface area is 128 Å². The second kappa shape index (κ2) is 7.04. The summed E-state index contributed by atoms with van der Waals surface area (Å²) >= 11 is 0. The average molecular weight is 294 g/mol. The number of nitro groups is 1. The summed E-state index contributed by atoms with van der Waals surface area (Å²) in [5.74, 6) is 5.48. The van der Waals surface area contributed by atoms with E-state index in [4.69, 9.17) is 0 Å². The van der Waals surface area contributed by atoms with E-state index in [-0.39, 0.29) is 18.1 Å². The minimum absolute atomic E-state index is 0.000388. The van der Waals surface area contributed by atoms with E-state index in [1.54, 1.807) is 6.92 Å². The fourth-order valence-corrected chi connectivity index (χ4v) is 1.90. The van der Waals surface area contributed by atoms with Crippen molar-refractivity contribution in [3.05, 3.63) is 75.3 Å². The van der Waals surface area contributed by atoms with Crippen LogP contribution in [0.15, 0.2) is 48.5 Å². The van der Waals surface area contributed by atoms with Crippen LogP contribution in [0.2, 0.25) is 0 Å². The van der Waals surface area contributed by atoms with Crippen molar-refractivity contribution in [2.24, 2.45) is 0 Å². The first-order valence-corrected chi connectivity index (χ1v) is 6.65. The summed E-state index contributed by atoms with van der Waals surface area (Å²) in [6.45, 7) is 1.81. The number of nitrogens with one attached hydrogen (secondary N) is 1. The molecule has 0 aliphatic heterocycles. The third kappa shape index (κ3) is 3.93. The topological polar surface area (TPSA) is 72.2 Å². The van der Waals surface area contributed by atoms with Crippen molar-refractivity contribution in [1.29, 1.82) is 0 Å². The minimum atomic E-state index is -0.470. The Balaban J connectivity index is 1.97. The summed E-state index contributed by atoms with van der Waals surface area (Å²) in [5, 5.41) is 13.4. The lowest BCUT2D eigenvalue weighted by molar-refractivity contribution is -0.385. The van der Waals surface area contributed by atoms with Crippen LogP contribution in [-0.4, -0.2) is 17.4 Å². The summed E-state index contributed by atoms with van der Waals surface area (Å²) in [5.41, 5.74) is 1.71. The van der Waals surface area contributed by atoms with Gasteiger partial charge in [0.1, 0.15) is 0 Å². The Morgan fingerprint density at radius 2 is 1.95 bits per heavy atom. The van der Waals surface area contributed by atoms with Crippen LogP contribution in [0.3, 0.4) is 0 Å². The number of aryl methyl sites for hydroxylation is 1. The quantitative estimate of drug-likeness (QED) is 0.537. The van der Waals surface area contributed by atoms with Crippen LogP contribution < -0.4 is 5.32 Å². The number of rotatable bonds is 3. The van der Waals surface area contributed by atoms with Crippen molar-refractivity contribution in [1.82, 2.24) is 5.32 Å². The number of nitrogens with zero attached hydrogens (tertiary/aromatic N) is 1. The second-order valence-electron chi connectivity index (χ2n) is 4.61. The Bertz CT molecular complexity index is 758. The van der Waals surface area contributed by atoms with Crippen LogP contribution in [-0.2, 0) is 0 Å². The number of nitro benzene ring substituents is 1. The van der Waals surface area contributed by atoms with Gasteiger partial charge in [-0.3, -0.25) is 14.9 Å². The molecular weight excluding hydrogens is 280 g/mol. The summed E-state index contributed by atoms with van der Waals surface area (Å²) in [4.78, 5) is 22.2. The summed E-state index contributed by atoms with van der Waals surface area (Å²) in [6.07, 6.45) is 0. The van der Waals surface area contributed by atoms with Crippen LogP contribution in [0.5, 0.6) is 0 Å². The van der Waals surface area contributed by atoms with E-state index < -0.39 is 4.92 Å². The highest BCUT2D eigenvalue weighted by atomic mass is 16.6. The van der Waals surface area contributed by atoms with E-state index in [9.17, 15) is 14.9 Å². The molecule has 2 rings (SSSR count). The fraction of sp³-hybridized carbons (Fsp3) is 0.118. The molecule has 0 radical (unpaired) electrons. The first-order chi connectivity index (χ1) is 10.6. The Kier molecular flexibility index (Phi) is 4.89. The van der Waals surface area contributed by atoms with Crippen LogP contribution in [0.4, 0.5) is 5.69 Å². The van der Waals surface area contributed by atoms with Gasteiger partial charge in [-0.25, -0.2) is 0 Å². The van der Waals surface area contributed by atoms with Gasteiger partial charge in [0, 0.05) is 22.8 Å². The Morgan fingerprint density at radius 1 is 1.23 bits per heavy atom. The molecule has 0 aromatic heterocycles. The van der Waals surface area contributed by atoms with Crippen LogP contribution >= 0.6 is 0 Å². The molecular formula is C17H14N2O3. The average Bonchev–Trinajstić information content (AvgIpc) is 2.52. The maximum atomic E-state index is 11.9. The largest absolute Gasteiger partial charge is 0.341 e. The van der Waals surface area contributed by atoms with Gasteiger partial charge in [-0.15, -0.1) is 0 Å². The van der Waals surface area contributed by atoms with Gasteiger partial charge in [0.15, 0.2) is 0 Å². The molecule has 0 fully saturated rings. The zero-order valence-electron chi connectivity index (χ0n) is 12.0. The molecule has 2 aromatic rings. The summed E-state index contributed by atoms with van der Waals surface area (Å²) < 4.78 is 0. The minimum Gasteiger partial charge on any atom is -0.341 e. The molecule has 0 saturated heterocycles. The highest BCUT2D eigenvalue weighted by Gasteiger charge is 2.13. The van der Waals surface area contributed by atoms with E-state index in [1.807, 2.05) is 30.3 Å². The molecule has 0 atom stereocenters. The van der Waals surface area contributed by atoms with Gasteiger partial charge in [-0.2, -0.15) is 0 Å². The third-order valence-electron chi connectivity index (χ3n) is 3.00. The Morgan fingerprint density at radius 3 is 2.59 bits per heavy atom. The predicted molar refractivity (Wildman–Crippen MR) is 83.5 cm³/mol. The molecule has 5 heteroatoms. The maximum absolute atomic E-state index is 11.9. The van der Waals surface area contributed by atoms with Gasteiger partial charge in [-0.1, -0.05) is 30.0 Å². The highest BCUT2D eigenvalue weighted by Crippen LogP contribution is 2.18. The number of hydrogen-bond donors (Lipinski definition) is 1. The van der Waals surface area contributed by atoms with Gasteiger partial charge in [-0.05, 0) is 31.2 Å². The number of carbonyl (C=O) groups excluding carboxylic acids is 1. The highest BCUT2D eigenvalue weighted by molar-refractivity contribution is 5.94. The molecule has 5 nitrogen and oxygen atoms in total.